The van der Waals surface area contributed by atoms with E-state index in [-0.39, 0.29) is 6.85 Å². The molecule has 252 valence electrons. The van der Waals surface area contributed by atoms with Crippen LogP contribution in [0.25, 0.3) is 72.3 Å². The molecule has 2 aliphatic heterocycles. The molecule has 0 amide bonds. The Kier molecular flexibility index (Phi) is 8.00. The van der Waals surface area contributed by atoms with Gasteiger partial charge in [0.15, 0.2) is 0 Å². The molecule has 2 aliphatic rings. The van der Waals surface area contributed by atoms with Crippen molar-refractivity contribution in [3.05, 3.63) is 224 Å². The standard InChI is InChI=1S/C52H36BN/c1-4-14-37(15-5-1)40-20-12-22-42(30-40)44-26-27-50-49-24-10-11-25-51(49)53-36-45(28-29-54(53)52(50)35-44)48-33-46(39-18-8-3-9-19-39)32-47(34-48)43-23-13-21-41(31-43)38-16-6-2-7-17-38/h1-36H. The Hall–Kier alpha value is -6.90. The second-order valence-electron chi connectivity index (χ2n) is 14.2. The molecule has 0 radical (unpaired) electrons. The van der Waals surface area contributed by atoms with Gasteiger partial charge in [-0.15, -0.1) is 0 Å². The molecule has 54 heavy (non-hydrogen) atoms. The first-order valence-corrected chi connectivity index (χ1v) is 18.7. The maximum Gasteiger partial charge on any atom is 0.321 e. The van der Waals surface area contributed by atoms with Crippen molar-refractivity contribution in [3.63, 3.8) is 0 Å². The molecule has 1 nitrogen and oxygen atoms in total. The minimum Gasteiger partial charge on any atom is -0.383 e. The van der Waals surface area contributed by atoms with Crippen LogP contribution < -0.4 is 10.3 Å². The van der Waals surface area contributed by atoms with Crippen LogP contribution in [0.1, 0.15) is 5.56 Å². The van der Waals surface area contributed by atoms with Crippen LogP contribution in [-0.2, 0) is 0 Å². The van der Waals surface area contributed by atoms with Gasteiger partial charge in [0, 0.05) is 11.3 Å². The third-order valence-electron chi connectivity index (χ3n) is 10.9. The average molecular weight is 686 g/mol. The fraction of sp³-hybridized carbons (Fsp3) is 0. The van der Waals surface area contributed by atoms with E-state index in [0.29, 0.717) is 0 Å². The molecule has 0 unspecified atom stereocenters. The van der Waals surface area contributed by atoms with E-state index in [4.69, 9.17) is 0 Å². The SMILES string of the molecule is C1=CN2B(C=C1c1cc(-c3ccccc3)cc(-c3cccc(-c4ccccc4)c3)c1)c1ccccc1-c1ccc(-c3cccc(-c4ccccc4)c3)cc12. The molecule has 2 heteroatoms. The van der Waals surface area contributed by atoms with Crippen molar-refractivity contribution in [3.8, 4) is 66.8 Å². The number of fused-ring (bicyclic) bond motifs is 6. The van der Waals surface area contributed by atoms with Crippen LogP contribution in [0.4, 0.5) is 5.69 Å². The van der Waals surface area contributed by atoms with Crippen molar-refractivity contribution < 1.29 is 0 Å². The lowest BCUT2D eigenvalue weighted by atomic mass is 9.48. The molecular weight excluding hydrogens is 649 g/mol. The Morgan fingerprint density at radius 1 is 0.315 bits per heavy atom. The molecule has 8 aromatic carbocycles. The van der Waals surface area contributed by atoms with Crippen LogP contribution in [0, 0.1) is 0 Å². The monoisotopic (exact) mass is 685 g/mol. The van der Waals surface area contributed by atoms with Gasteiger partial charge >= 0.3 is 6.85 Å². The molecule has 0 spiro atoms. The molecule has 2 heterocycles. The van der Waals surface area contributed by atoms with E-state index in [0.717, 1.165) is 0 Å². The summed E-state index contributed by atoms with van der Waals surface area (Å²) >= 11 is 0. The van der Waals surface area contributed by atoms with Gasteiger partial charge in [-0.05, 0) is 126 Å². The summed E-state index contributed by atoms with van der Waals surface area (Å²) in [5.41, 5.74) is 19.7. The van der Waals surface area contributed by atoms with Gasteiger partial charge in [-0.2, -0.15) is 0 Å². The van der Waals surface area contributed by atoms with E-state index in [2.05, 4.69) is 223 Å². The topological polar surface area (TPSA) is 3.24 Å². The van der Waals surface area contributed by atoms with Gasteiger partial charge in [0.2, 0.25) is 0 Å². The minimum absolute atomic E-state index is 0.0600. The van der Waals surface area contributed by atoms with Gasteiger partial charge in [-0.3, -0.25) is 0 Å². The van der Waals surface area contributed by atoms with Crippen LogP contribution in [0.2, 0.25) is 0 Å². The molecule has 0 saturated carbocycles. The Balaban J connectivity index is 1.07. The lowest BCUT2D eigenvalue weighted by Crippen LogP contribution is -2.49. The van der Waals surface area contributed by atoms with E-state index in [9.17, 15) is 0 Å². The molecule has 0 aliphatic carbocycles. The highest BCUT2D eigenvalue weighted by Gasteiger charge is 2.34. The van der Waals surface area contributed by atoms with Gasteiger partial charge in [-0.1, -0.05) is 170 Å². The summed E-state index contributed by atoms with van der Waals surface area (Å²) in [6.45, 7) is 0.0600. The number of hydrogen-bond acceptors (Lipinski definition) is 1. The lowest BCUT2D eigenvalue weighted by Gasteiger charge is -2.37. The molecule has 0 bridgehead atoms. The van der Waals surface area contributed by atoms with E-state index in [1.807, 2.05) is 0 Å². The highest BCUT2D eigenvalue weighted by molar-refractivity contribution is 6.84. The van der Waals surface area contributed by atoms with Crippen LogP contribution >= 0.6 is 0 Å². The summed E-state index contributed by atoms with van der Waals surface area (Å²) < 4.78 is 0. The van der Waals surface area contributed by atoms with Gasteiger partial charge in [0.25, 0.3) is 0 Å². The molecule has 0 fully saturated rings. The summed E-state index contributed by atoms with van der Waals surface area (Å²) in [6, 6.07) is 72.7. The van der Waals surface area contributed by atoms with Crippen molar-refractivity contribution in [1.29, 1.82) is 0 Å². The van der Waals surface area contributed by atoms with Gasteiger partial charge in [0.05, 0.1) is 0 Å². The van der Waals surface area contributed by atoms with Gasteiger partial charge in [0.1, 0.15) is 0 Å². The predicted octanol–water partition coefficient (Wildman–Crippen LogP) is 12.9. The minimum atomic E-state index is 0.0600. The highest BCUT2D eigenvalue weighted by atomic mass is 15.1. The summed E-state index contributed by atoms with van der Waals surface area (Å²) in [6.07, 6.45) is 4.59. The predicted molar refractivity (Wildman–Crippen MR) is 230 cm³/mol. The molecule has 0 saturated heterocycles. The third kappa shape index (κ3) is 5.88. The summed E-state index contributed by atoms with van der Waals surface area (Å²) in [5, 5.41) is 0. The number of benzene rings is 8. The van der Waals surface area contributed by atoms with Crippen LogP contribution in [0.5, 0.6) is 0 Å². The van der Waals surface area contributed by atoms with Crippen molar-refractivity contribution >= 4 is 23.6 Å². The number of anilines is 1. The second-order valence-corrected chi connectivity index (χ2v) is 14.2. The first-order chi connectivity index (χ1) is 26.7. The molecule has 0 aromatic heterocycles. The molecular formula is C52H36BN. The largest absolute Gasteiger partial charge is 0.383 e. The van der Waals surface area contributed by atoms with Crippen molar-refractivity contribution in [2.75, 3.05) is 4.81 Å². The fourth-order valence-electron chi connectivity index (χ4n) is 8.15. The van der Waals surface area contributed by atoms with Crippen molar-refractivity contribution in [2.24, 2.45) is 0 Å². The number of nitrogens with zero attached hydrogens (tertiary/aromatic N) is 1. The maximum atomic E-state index is 2.46. The summed E-state index contributed by atoms with van der Waals surface area (Å²) in [5.74, 6) is 2.46. The number of hydrogen-bond donors (Lipinski definition) is 0. The van der Waals surface area contributed by atoms with Crippen LogP contribution in [0.3, 0.4) is 0 Å². The first-order valence-electron chi connectivity index (χ1n) is 18.7. The van der Waals surface area contributed by atoms with E-state index in [1.165, 1.54) is 89.0 Å². The Morgan fingerprint density at radius 2 is 0.759 bits per heavy atom. The van der Waals surface area contributed by atoms with E-state index < -0.39 is 0 Å². The quantitative estimate of drug-likeness (QED) is 0.158. The number of allylic oxidation sites excluding steroid dienone is 2. The number of rotatable bonds is 6. The van der Waals surface area contributed by atoms with Crippen LogP contribution in [0.15, 0.2) is 218 Å². The first kappa shape index (κ1) is 31.8. The smallest absolute Gasteiger partial charge is 0.321 e. The normalized spacial score (nSPS) is 12.8. The Labute approximate surface area is 318 Å². The van der Waals surface area contributed by atoms with Gasteiger partial charge < -0.3 is 4.81 Å². The molecule has 10 rings (SSSR count). The average Bonchev–Trinajstić information content (AvgIpc) is 3.27. The second kappa shape index (κ2) is 13.6. The third-order valence-corrected chi connectivity index (χ3v) is 10.9. The maximum absolute atomic E-state index is 2.46. The molecule has 0 N–H and O–H groups in total. The zero-order valence-corrected chi connectivity index (χ0v) is 29.8. The summed E-state index contributed by atoms with van der Waals surface area (Å²) in [4.78, 5) is 2.46. The van der Waals surface area contributed by atoms with E-state index in [1.54, 1.807) is 0 Å². The Bertz CT molecular complexity index is 2710. The van der Waals surface area contributed by atoms with E-state index >= 15 is 0 Å². The fourth-order valence-corrected chi connectivity index (χ4v) is 8.15. The summed E-state index contributed by atoms with van der Waals surface area (Å²) in [7, 11) is 0. The molecule has 8 aromatic rings. The zero-order chi connectivity index (χ0) is 35.8. The van der Waals surface area contributed by atoms with Crippen molar-refractivity contribution in [1.82, 2.24) is 0 Å². The molecule has 0 atom stereocenters. The lowest BCUT2D eigenvalue weighted by molar-refractivity contribution is 1.36. The van der Waals surface area contributed by atoms with Crippen molar-refractivity contribution in [2.45, 2.75) is 0 Å². The Morgan fingerprint density at radius 3 is 1.39 bits per heavy atom. The highest BCUT2D eigenvalue weighted by Crippen LogP contribution is 2.42. The van der Waals surface area contributed by atoms with Crippen LogP contribution in [-0.4, -0.2) is 6.85 Å². The van der Waals surface area contributed by atoms with Gasteiger partial charge in [-0.25, -0.2) is 0 Å². The zero-order valence-electron chi connectivity index (χ0n) is 29.8.